The Kier molecular flexibility index (Phi) is 5.15. The van der Waals surface area contributed by atoms with E-state index < -0.39 is 24.8 Å². The monoisotopic (exact) mass is 413 g/mol. The second-order valence-corrected chi connectivity index (χ2v) is 8.15. The van der Waals surface area contributed by atoms with E-state index in [9.17, 15) is 14.2 Å². The summed E-state index contributed by atoms with van der Waals surface area (Å²) in [5, 5.41) is 0. The van der Waals surface area contributed by atoms with Crippen LogP contribution in [0.5, 0.6) is 0 Å². The highest BCUT2D eigenvalue weighted by atomic mass is 31.2. The van der Waals surface area contributed by atoms with Gasteiger partial charge in [-0.25, -0.2) is 9.55 Å². The number of phosphoric ester groups is 1. The zero-order valence-electron chi connectivity index (χ0n) is 15.2. The predicted molar refractivity (Wildman–Crippen MR) is 97.7 cm³/mol. The molecule has 5 N–H and O–H groups in total. The molecule has 0 radical (unpaired) electrons. The van der Waals surface area contributed by atoms with Gasteiger partial charge in [-0.05, 0) is 12.0 Å². The van der Waals surface area contributed by atoms with Crippen molar-refractivity contribution in [3.8, 4) is 0 Å². The number of nitrogen functional groups attached to an aromatic ring is 1. The van der Waals surface area contributed by atoms with Crippen molar-refractivity contribution in [2.24, 2.45) is 11.3 Å². The Bertz CT molecular complexity index is 1050. The molecule has 0 bridgehead atoms. The quantitative estimate of drug-likeness (QED) is 0.362. The zero-order chi connectivity index (χ0) is 20.7. The van der Waals surface area contributed by atoms with Crippen molar-refractivity contribution in [1.29, 1.82) is 0 Å². The van der Waals surface area contributed by atoms with Crippen LogP contribution in [0.1, 0.15) is 20.3 Å². The number of hydrogen-bond acceptors (Lipinski definition) is 8. The van der Waals surface area contributed by atoms with Crippen LogP contribution in [-0.4, -0.2) is 48.5 Å². The van der Waals surface area contributed by atoms with E-state index in [2.05, 4.69) is 19.5 Å². The minimum absolute atomic E-state index is 0.0737. The summed E-state index contributed by atoms with van der Waals surface area (Å²) in [7, 11) is -4.70. The van der Waals surface area contributed by atoms with Gasteiger partial charge in [-0.2, -0.15) is 4.98 Å². The molecule has 1 unspecified atom stereocenters. The molecule has 0 aromatic carbocycles. The van der Waals surface area contributed by atoms with Crippen molar-refractivity contribution in [1.82, 2.24) is 19.5 Å². The van der Waals surface area contributed by atoms with Crippen molar-refractivity contribution >= 4 is 37.1 Å². The number of H-pyrrole nitrogens is 1. The SMILES string of the molecule is CC(C)C(=O)OCC1(COP(=O)(O)O)CC1=Cn1cnc2c(=O)[nH]c(N)nc21. The van der Waals surface area contributed by atoms with Gasteiger partial charge < -0.3 is 20.3 Å². The number of aromatic amines is 1. The number of imidazole rings is 1. The van der Waals surface area contributed by atoms with Gasteiger partial charge in [-0.15, -0.1) is 0 Å². The lowest BCUT2D eigenvalue weighted by Gasteiger charge is -2.17. The molecule has 0 aliphatic heterocycles. The van der Waals surface area contributed by atoms with E-state index in [0.717, 1.165) is 0 Å². The molecule has 1 fully saturated rings. The second-order valence-electron chi connectivity index (χ2n) is 6.91. The number of phosphoric acid groups is 1. The molecule has 0 amide bonds. The summed E-state index contributed by atoms with van der Waals surface area (Å²) in [6, 6.07) is 0. The lowest BCUT2D eigenvalue weighted by Crippen LogP contribution is -2.22. The molecule has 3 rings (SSSR count). The number of ether oxygens (including phenoxy) is 1. The van der Waals surface area contributed by atoms with E-state index >= 15 is 0 Å². The molecule has 12 nitrogen and oxygen atoms in total. The van der Waals surface area contributed by atoms with Gasteiger partial charge in [0.05, 0.1) is 17.9 Å². The van der Waals surface area contributed by atoms with Crippen LogP contribution in [0.4, 0.5) is 5.95 Å². The first-order valence-corrected chi connectivity index (χ1v) is 9.84. The Labute approximate surface area is 158 Å². The Morgan fingerprint density at radius 1 is 1.50 bits per heavy atom. The fourth-order valence-electron chi connectivity index (χ4n) is 2.62. The Morgan fingerprint density at radius 3 is 2.86 bits per heavy atom. The van der Waals surface area contributed by atoms with Gasteiger partial charge in [0.25, 0.3) is 5.56 Å². The summed E-state index contributed by atoms with van der Waals surface area (Å²) in [6.45, 7) is 2.92. The maximum Gasteiger partial charge on any atom is 0.469 e. The lowest BCUT2D eigenvalue weighted by atomic mass is 10.1. The number of fused-ring (bicyclic) bond motifs is 1. The molecule has 0 saturated heterocycles. The summed E-state index contributed by atoms with van der Waals surface area (Å²) >= 11 is 0. The van der Waals surface area contributed by atoms with Gasteiger partial charge in [0.2, 0.25) is 5.95 Å². The van der Waals surface area contributed by atoms with Gasteiger partial charge in [0.15, 0.2) is 11.2 Å². The average molecular weight is 413 g/mol. The minimum Gasteiger partial charge on any atom is -0.464 e. The molecule has 13 heteroatoms. The number of nitrogens with zero attached hydrogens (tertiary/aromatic N) is 3. The molecular formula is C15H20N5O7P. The van der Waals surface area contributed by atoms with Gasteiger partial charge >= 0.3 is 13.8 Å². The molecule has 1 aliphatic rings. The first-order valence-electron chi connectivity index (χ1n) is 8.31. The molecule has 2 aromatic heterocycles. The second kappa shape index (κ2) is 7.13. The van der Waals surface area contributed by atoms with Crippen LogP contribution < -0.4 is 11.3 Å². The van der Waals surface area contributed by atoms with E-state index in [1.807, 2.05) is 0 Å². The average Bonchev–Trinajstić information content (AvgIpc) is 3.11. The van der Waals surface area contributed by atoms with E-state index in [1.165, 1.54) is 10.9 Å². The van der Waals surface area contributed by atoms with Gasteiger partial charge in [-0.1, -0.05) is 13.8 Å². The summed E-state index contributed by atoms with van der Waals surface area (Å²) < 4.78 is 22.5. The maximum absolute atomic E-state index is 11.9. The van der Waals surface area contributed by atoms with Crippen LogP contribution in [-0.2, 0) is 18.6 Å². The van der Waals surface area contributed by atoms with Crippen molar-refractivity contribution in [2.45, 2.75) is 20.3 Å². The highest BCUT2D eigenvalue weighted by Gasteiger charge is 2.51. The summed E-state index contributed by atoms with van der Waals surface area (Å²) in [5.74, 6) is -0.853. The number of carbonyl (C=O) groups is 1. The maximum atomic E-state index is 11.9. The standard InChI is InChI=1S/C15H20N5O7P/c1-8(2)13(22)26-5-15(6-27-28(23,24)25)3-9(15)4-20-7-17-10-11(20)18-14(16)19-12(10)21/h4,7-8H,3,5-6H2,1-2H3,(H2,23,24,25)(H3,16,18,19,21). The van der Waals surface area contributed by atoms with E-state index in [4.69, 9.17) is 20.3 Å². The molecule has 152 valence electrons. The molecule has 1 saturated carbocycles. The van der Waals surface area contributed by atoms with Crippen LogP contribution >= 0.6 is 7.82 Å². The summed E-state index contributed by atoms with van der Waals surface area (Å²) in [4.78, 5) is 52.0. The molecule has 1 atom stereocenters. The fraction of sp³-hybridized carbons (Fsp3) is 0.467. The molecule has 2 heterocycles. The van der Waals surface area contributed by atoms with Crippen LogP contribution in [0.15, 0.2) is 16.7 Å². The van der Waals surface area contributed by atoms with Crippen molar-refractivity contribution in [3.05, 3.63) is 22.3 Å². The van der Waals surface area contributed by atoms with Gasteiger partial charge in [-0.3, -0.25) is 23.7 Å². The number of anilines is 1. The molecule has 0 spiro atoms. The highest BCUT2D eigenvalue weighted by Crippen LogP contribution is 2.55. The Morgan fingerprint density at radius 2 is 2.21 bits per heavy atom. The molecule has 28 heavy (non-hydrogen) atoms. The first-order chi connectivity index (χ1) is 13.0. The van der Waals surface area contributed by atoms with E-state index in [1.54, 1.807) is 20.0 Å². The third-order valence-electron chi connectivity index (χ3n) is 4.30. The van der Waals surface area contributed by atoms with Crippen molar-refractivity contribution in [3.63, 3.8) is 0 Å². The van der Waals surface area contributed by atoms with E-state index in [-0.39, 0.29) is 36.2 Å². The lowest BCUT2D eigenvalue weighted by molar-refractivity contribution is -0.149. The van der Waals surface area contributed by atoms with Crippen LogP contribution in [0.2, 0.25) is 0 Å². The fourth-order valence-corrected chi connectivity index (χ4v) is 3.04. The summed E-state index contributed by atoms with van der Waals surface area (Å²) in [5.41, 5.74) is 5.21. The Balaban J connectivity index is 1.88. The first kappa shape index (κ1) is 20.2. The van der Waals surface area contributed by atoms with Crippen LogP contribution in [0.25, 0.3) is 17.4 Å². The molecule has 1 aliphatic carbocycles. The van der Waals surface area contributed by atoms with Gasteiger partial charge in [0, 0.05) is 6.20 Å². The number of rotatable bonds is 7. The van der Waals surface area contributed by atoms with Crippen molar-refractivity contribution < 1.29 is 28.4 Å². The number of nitrogens with two attached hydrogens (primary N) is 1. The number of aromatic nitrogens is 4. The van der Waals surface area contributed by atoms with Crippen molar-refractivity contribution in [2.75, 3.05) is 18.9 Å². The van der Waals surface area contributed by atoms with Gasteiger partial charge in [0.1, 0.15) is 12.9 Å². The third kappa shape index (κ3) is 4.30. The van der Waals surface area contributed by atoms with Crippen LogP contribution in [0.3, 0.4) is 0 Å². The zero-order valence-corrected chi connectivity index (χ0v) is 16.0. The topological polar surface area (TPSA) is 183 Å². The molecular weight excluding hydrogens is 393 g/mol. The summed E-state index contributed by atoms with van der Waals surface area (Å²) in [6.07, 6.45) is 3.34. The number of esters is 1. The number of nitrogens with one attached hydrogen (secondary N) is 1. The van der Waals surface area contributed by atoms with Crippen LogP contribution in [0, 0.1) is 11.3 Å². The number of carbonyl (C=O) groups excluding carboxylic acids is 1. The molecule has 2 aromatic rings. The normalized spacial score (nSPS) is 20.8. The smallest absolute Gasteiger partial charge is 0.464 e. The third-order valence-corrected chi connectivity index (χ3v) is 4.77. The highest BCUT2D eigenvalue weighted by molar-refractivity contribution is 7.46. The largest absolute Gasteiger partial charge is 0.469 e. The minimum atomic E-state index is -4.70. The predicted octanol–water partition coefficient (Wildman–Crippen LogP) is 0.241. The van der Waals surface area contributed by atoms with E-state index in [0.29, 0.717) is 12.0 Å². The Hall–Kier alpha value is -2.53. The number of hydrogen-bond donors (Lipinski definition) is 4.